The zero-order valence-corrected chi connectivity index (χ0v) is 14.1. The van der Waals surface area contributed by atoms with Crippen LogP contribution in [-0.2, 0) is 9.59 Å². The van der Waals surface area contributed by atoms with Gasteiger partial charge < -0.3 is 10.4 Å². The molecule has 0 aromatic heterocycles. The lowest BCUT2D eigenvalue weighted by Gasteiger charge is -2.13. The third kappa shape index (κ3) is 6.91. The Morgan fingerprint density at radius 2 is 1.77 bits per heavy atom. The van der Waals surface area contributed by atoms with E-state index >= 15 is 0 Å². The van der Waals surface area contributed by atoms with Crippen LogP contribution in [0.25, 0.3) is 0 Å². The number of hydrogen-bond donors (Lipinski definition) is 3. The first-order valence-electron chi connectivity index (χ1n) is 7.30. The molecule has 0 aliphatic carbocycles. The highest BCUT2D eigenvalue weighted by atomic mass is 35.5. The minimum atomic E-state index is -0.925. The Bertz CT molecular complexity index is 475. The molecular formula is C16H25ClN2O3. The Balaban J connectivity index is 0.00000441. The Hall–Kier alpha value is -1.59. The van der Waals surface area contributed by atoms with Gasteiger partial charge in [-0.2, -0.15) is 0 Å². The van der Waals surface area contributed by atoms with E-state index in [1.807, 2.05) is 31.2 Å². The summed E-state index contributed by atoms with van der Waals surface area (Å²) in [6.07, 6.45) is 1.26. The minimum Gasteiger partial charge on any atom is -0.480 e. The van der Waals surface area contributed by atoms with Crippen molar-refractivity contribution in [1.29, 1.82) is 0 Å². The third-order valence-corrected chi connectivity index (χ3v) is 3.25. The van der Waals surface area contributed by atoms with Gasteiger partial charge in [-0.25, -0.2) is 0 Å². The van der Waals surface area contributed by atoms with Crippen molar-refractivity contribution in [1.82, 2.24) is 5.32 Å². The summed E-state index contributed by atoms with van der Waals surface area (Å²) in [4.78, 5) is 22.8. The third-order valence-electron chi connectivity index (χ3n) is 3.25. The molecule has 6 heteroatoms. The smallest absolute Gasteiger partial charge is 0.320 e. The molecule has 3 N–H and O–H groups in total. The first-order valence-corrected chi connectivity index (χ1v) is 7.30. The first kappa shape index (κ1) is 20.4. The van der Waals surface area contributed by atoms with Crippen LogP contribution in [0, 0.1) is 0 Å². The molecule has 1 atom stereocenters. The van der Waals surface area contributed by atoms with Gasteiger partial charge in [0.15, 0.2) is 0 Å². The van der Waals surface area contributed by atoms with Gasteiger partial charge in [0, 0.05) is 5.69 Å². The Kier molecular flexibility index (Phi) is 9.45. The lowest BCUT2D eigenvalue weighted by molar-refractivity contribution is -0.139. The van der Waals surface area contributed by atoms with E-state index in [2.05, 4.69) is 24.5 Å². The van der Waals surface area contributed by atoms with Crippen LogP contribution in [0.4, 0.5) is 5.69 Å². The number of carbonyl (C=O) groups is 2. The van der Waals surface area contributed by atoms with Gasteiger partial charge in [-0.3, -0.25) is 14.9 Å². The fraction of sp³-hybridized carbons (Fsp3) is 0.500. The van der Waals surface area contributed by atoms with Gasteiger partial charge in [0.1, 0.15) is 6.04 Å². The van der Waals surface area contributed by atoms with Crippen molar-refractivity contribution >= 4 is 30.0 Å². The molecule has 1 aromatic carbocycles. The number of halogens is 1. The summed E-state index contributed by atoms with van der Waals surface area (Å²) in [5, 5.41) is 14.5. The first-order chi connectivity index (χ1) is 9.93. The number of aliphatic carboxylic acids is 1. The number of rotatable bonds is 8. The van der Waals surface area contributed by atoms with Gasteiger partial charge in [-0.15, -0.1) is 12.4 Å². The molecule has 1 unspecified atom stereocenters. The van der Waals surface area contributed by atoms with E-state index in [1.165, 1.54) is 5.56 Å². The number of amides is 1. The topological polar surface area (TPSA) is 78.4 Å². The molecule has 0 saturated heterocycles. The van der Waals surface area contributed by atoms with Crippen molar-refractivity contribution in [3.63, 3.8) is 0 Å². The summed E-state index contributed by atoms with van der Waals surface area (Å²) in [7, 11) is 0. The van der Waals surface area contributed by atoms with E-state index in [-0.39, 0.29) is 24.9 Å². The van der Waals surface area contributed by atoms with E-state index < -0.39 is 12.0 Å². The van der Waals surface area contributed by atoms with E-state index in [1.54, 1.807) is 0 Å². The average molecular weight is 329 g/mol. The predicted molar refractivity (Wildman–Crippen MR) is 90.7 cm³/mol. The van der Waals surface area contributed by atoms with Gasteiger partial charge >= 0.3 is 5.97 Å². The van der Waals surface area contributed by atoms with Gasteiger partial charge in [-0.1, -0.05) is 39.3 Å². The number of carbonyl (C=O) groups excluding carboxylic acids is 1. The summed E-state index contributed by atoms with van der Waals surface area (Å²) in [5.74, 6) is -0.720. The van der Waals surface area contributed by atoms with Crippen molar-refractivity contribution in [2.24, 2.45) is 0 Å². The van der Waals surface area contributed by atoms with Crippen molar-refractivity contribution in [2.75, 3.05) is 11.9 Å². The summed E-state index contributed by atoms with van der Waals surface area (Å²) in [6, 6.07) is 6.99. The maximum Gasteiger partial charge on any atom is 0.320 e. The minimum absolute atomic E-state index is 0. The van der Waals surface area contributed by atoms with Crippen molar-refractivity contribution in [2.45, 2.75) is 45.6 Å². The number of benzene rings is 1. The van der Waals surface area contributed by atoms with Crippen molar-refractivity contribution in [3.05, 3.63) is 29.8 Å². The van der Waals surface area contributed by atoms with Gasteiger partial charge in [0.05, 0.1) is 6.54 Å². The van der Waals surface area contributed by atoms with Crippen molar-refractivity contribution in [3.8, 4) is 0 Å². The second-order valence-electron chi connectivity index (χ2n) is 5.39. The lowest BCUT2D eigenvalue weighted by atomic mass is 10.0. The summed E-state index contributed by atoms with van der Waals surface area (Å²) < 4.78 is 0. The highest BCUT2D eigenvalue weighted by Gasteiger charge is 2.16. The van der Waals surface area contributed by atoms with Crippen LogP contribution >= 0.6 is 12.4 Å². The van der Waals surface area contributed by atoms with Gasteiger partial charge in [0.2, 0.25) is 5.91 Å². The van der Waals surface area contributed by atoms with E-state index in [4.69, 9.17) is 5.11 Å². The zero-order chi connectivity index (χ0) is 15.8. The maximum absolute atomic E-state index is 11.8. The predicted octanol–water partition coefficient (Wildman–Crippen LogP) is 3.01. The van der Waals surface area contributed by atoms with Gasteiger partial charge in [0.25, 0.3) is 0 Å². The number of carboxylic acid groups (broad SMARTS) is 1. The number of carboxylic acids is 1. The molecule has 0 heterocycles. The molecule has 0 spiro atoms. The Morgan fingerprint density at radius 1 is 1.18 bits per heavy atom. The molecule has 5 nitrogen and oxygen atoms in total. The molecule has 1 amide bonds. The van der Waals surface area contributed by atoms with Crippen LogP contribution in [0.2, 0.25) is 0 Å². The number of nitrogens with one attached hydrogen (secondary N) is 2. The monoisotopic (exact) mass is 328 g/mol. The van der Waals surface area contributed by atoms with Crippen LogP contribution in [-0.4, -0.2) is 29.6 Å². The molecule has 1 aromatic rings. The van der Waals surface area contributed by atoms with Crippen LogP contribution < -0.4 is 10.6 Å². The van der Waals surface area contributed by atoms with Crippen LogP contribution in [0.5, 0.6) is 0 Å². The summed E-state index contributed by atoms with van der Waals surface area (Å²) in [5.41, 5.74) is 1.92. The van der Waals surface area contributed by atoms with E-state index in [9.17, 15) is 9.59 Å². The van der Waals surface area contributed by atoms with Crippen molar-refractivity contribution < 1.29 is 14.7 Å². The molecule has 0 fully saturated rings. The fourth-order valence-electron chi connectivity index (χ4n) is 1.97. The molecular weight excluding hydrogens is 304 g/mol. The molecule has 0 bridgehead atoms. The SMILES string of the molecule is CCCC(NCC(=O)Nc1ccc(C(C)C)cc1)C(=O)O.Cl. The number of anilines is 1. The molecule has 22 heavy (non-hydrogen) atoms. The standard InChI is InChI=1S/C16H24N2O3.ClH/c1-4-5-14(16(20)21)17-10-15(19)18-13-8-6-12(7-9-13)11(2)3;/h6-9,11,14,17H,4-5,10H2,1-3H3,(H,18,19)(H,20,21);1H. The van der Waals surface area contributed by atoms with Crippen LogP contribution in [0.15, 0.2) is 24.3 Å². The van der Waals surface area contributed by atoms with E-state index in [0.717, 1.165) is 6.42 Å². The zero-order valence-electron chi connectivity index (χ0n) is 13.3. The molecule has 0 radical (unpaired) electrons. The van der Waals surface area contributed by atoms with E-state index in [0.29, 0.717) is 18.0 Å². The number of hydrogen-bond acceptors (Lipinski definition) is 3. The highest BCUT2D eigenvalue weighted by Crippen LogP contribution is 2.16. The molecule has 0 aliphatic rings. The Labute approximate surface area is 137 Å². The second-order valence-corrected chi connectivity index (χ2v) is 5.39. The summed E-state index contributed by atoms with van der Waals surface area (Å²) in [6.45, 7) is 6.12. The average Bonchev–Trinajstić information content (AvgIpc) is 2.43. The molecule has 124 valence electrons. The quantitative estimate of drug-likeness (QED) is 0.685. The highest BCUT2D eigenvalue weighted by molar-refractivity contribution is 5.92. The second kappa shape index (κ2) is 10.2. The molecule has 1 rings (SSSR count). The maximum atomic E-state index is 11.8. The van der Waals surface area contributed by atoms with Crippen LogP contribution in [0.1, 0.15) is 45.1 Å². The normalized spacial score (nSPS) is 11.6. The molecule has 0 aliphatic heterocycles. The largest absolute Gasteiger partial charge is 0.480 e. The lowest BCUT2D eigenvalue weighted by Crippen LogP contribution is -2.41. The molecule has 0 saturated carbocycles. The van der Waals surface area contributed by atoms with Gasteiger partial charge in [-0.05, 0) is 30.0 Å². The van der Waals surface area contributed by atoms with Crippen LogP contribution in [0.3, 0.4) is 0 Å². The fourth-order valence-corrected chi connectivity index (χ4v) is 1.97. The Morgan fingerprint density at radius 3 is 2.23 bits per heavy atom. The summed E-state index contributed by atoms with van der Waals surface area (Å²) >= 11 is 0.